The Morgan fingerprint density at radius 1 is 1.30 bits per heavy atom. The van der Waals surface area contributed by atoms with Crippen LogP contribution in [0.2, 0.25) is 0 Å². The second-order valence-electron chi connectivity index (χ2n) is 6.58. The third-order valence-corrected chi connectivity index (χ3v) is 7.58. The molecule has 3 N–H and O–H groups in total. The van der Waals surface area contributed by atoms with Crippen LogP contribution in [0.25, 0.3) is 0 Å². The maximum atomic E-state index is 12.1. The van der Waals surface area contributed by atoms with Gasteiger partial charge in [-0.1, -0.05) is 18.9 Å². The summed E-state index contributed by atoms with van der Waals surface area (Å²) in [6, 6.07) is 3.32. The van der Waals surface area contributed by atoms with Gasteiger partial charge in [-0.05, 0) is 43.6 Å². The minimum atomic E-state index is -3.41. The van der Waals surface area contributed by atoms with Crippen LogP contribution >= 0.6 is 11.3 Å². The van der Waals surface area contributed by atoms with Crippen molar-refractivity contribution in [2.24, 2.45) is 10.9 Å². The average Bonchev–Trinajstić information content (AvgIpc) is 3.37. The van der Waals surface area contributed by atoms with Crippen LogP contribution in [0.3, 0.4) is 0 Å². The summed E-state index contributed by atoms with van der Waals surface area (Å²) in [6.45, 7) is 4.33. The molecule has 0 bridgehead atoms. The SMILES string of the molecule is CCOC(CCNC(=NC)NCCNS(=O)(=O)c1cccs1)C1CCCC1. The van der Waals surface area contributed by atoms with Gasteiger partial charge in [0.05, 0.1) is 6.10 Å². The van der Waals surface area contributed by atoms with Gasteiger partial charge in [0, 0.05) is 33.3 Å². The van der Waals surface area contributed by atoms with Gasteiger partial charge in [0.15, 0.2) is 5.96 Å². The summed E-state index contributed by atoms with van der Waals surface area (Å²) in [6.07, 6.45) is 6.41. The fourth-order valence-corrected chi connectivity index (χ4v) is 5.47. The summed E-state index contributed by atoms with van der Waals surface area (Å²) in [5.41, 5.74) is 0. The lowest BCUT2D eigenvalue weighted by atomic mass is 9.98. The van der Waals surface area contributed by atoms with E-state index in [1.165, 1.54) is 37.0 Å². The van der Waals surface area contributed by atoms with Crippen molar-refractivity contribution in [3.05, 3.63) is 17.5 Å². The summed E-state index contributed by atoms with van der Waals surface area (Å²) in [5.74, 6) is 1.35. The van der Waals surface area contributed by atoms with Crippen LogP contribution in [0, 0.1) is 5.92 Å². The van der Waals surface area contributed by atoms with E-state index < -0.39 is 10.0 Å². The zero-order valence-electron chi connectivity index (χ0n) is 16.2. The Labute approximate surface area is 167 Å². The lowest BCUT2D eigenvalue weighted by molar-refractivity contribution is 0.0169. The molecule has 154 valence electrons. The molecule has 0 spiro atoms. The molecule has 27 heavy (non-hydrogen) atoms. The molecule has 1 aromatic rings. The van der Waals surface area contributed by atoms with Crippen molar-refractivity contribution in [2.75, 3.05) is 33.3 Å². The van der Waals surface area contributed by atoms with E-state index in [1.54, 1.807) is 24.6 Å². The quantitative estimate of drug-likeness (QED) is 0.292. The largest absolute Gasteiger partial charge is 0.378 e. The summed E-state index contributed by atoms with van der Waals surface area (Å²) in [5, 5.41) is 8.18. The molecular weight excluding hydrogens is 384 g/mol. The number of nitrogens with zero attached hydrogens (tertiary/aromatic N) is 1. The summed E-state index contributed by atoms with van der Waals surface area (Å²) in [7, 11) is -1.70. The Kier molecular flexibility index (Phi) is 9.53. The molecule has 1 aliphatic rings. The number of aliphatic imine (C=N–C) groups is 1. The normalized spacial score (nSPS) is 17.2. The minimum Gasteiger partial charge on any atom is -0.378 e. The molecule has 1 aliphatic carbocycles. The Bertz CT molecular complexity index is 656. The van der Waals surface area contributed by atoms with E-state index in [4.69, 9.17) is 4.74 Å². The van der Waals surface area contributed by atoms with Gasteiger partial charge in [-0.25, -0.2) is 13.1 Å². The second-order valence-corrected chi connectivity index (χ2v) is 9.52. The molecule has 1 fully saturated rings. The van der Waals surface area contributed by atoms with Gasteiger partial charge in [0.25, 0.3) is 0 Å². The van der Waals surface area contributed by atoms with E-state index in [9.17, 15) is 8.42 Å². The first kappa shape index (κ1) is 22.1. The number of thiophene rings is 1. The predicted octanol–water partition coefficient (Wildman–Crippen LogP) is 2.18. The van der Waals surface area contributed by atoms with Crippen LogP contribution in [0.5, 0.6) is 0 Å². The Morgan fingerprint density at radius 2 is 2.04 bits per heavy atom. The standard InChI is InChI=1S/C18H32N4O3S2/c1-3-25-16(15-7-4-5-8-15)10-11-20-18(19-2)21-12-13-22-27(23,24)17-9-6-14-26-17/h6,9,14-16,22H,3-5,7-8,10-13H2,1-2H3,(H2,19,20,21). The molecular formula is C18H32N4O3S2. The van der Waals surface area contributed by atoms with Gasteiger partial charge in [0.2, 0.25) is 10.0 Å². The van der Waals surface area contributed by atoms with Gasteiger partial charge >= 0.3 is 0 Å². The van der Waals surface area contributed by atoms with E-state index in [-0.39, 0.29) is 0 Å². The van der Waals surface area contributed by atoms with Gasteiger partial charge in [0.1, 0.15) is 4.21 Å². The molecule has 0 amide bonds. The van der Waals surface area contributed by atoms with Crippen molar-refractivity contribution >= 4 is 27.3 Å². The van der Waals surface area contributed by atoms with Crippen molar-refractivity contribution < 1.29 is 13.2 Å². The fraction of sp³-hybridized carbons (Fsp3) is 0.722. The molecule has 7 nitrogen and oxygen atoms in total. The van der Waals surface area contributed by atoms with Crippen LogP contribution in [0.15, 0.2) is 26.7 Å². The molecule has 1 saturated carbocycles. The number of sulfonamides is 1. The molecule has 1 atom stereocenters. The number of hydrogen-bond donors (Lipinski definition) is 3. The number of rotatable bonds is 11. The molecule has 2 rings (SSSR count). The van der Waals surface area contributed by atoms with Crippen LogP contribution in [-0.2, 0) is 14.8 Å². The van der Waals surface area contributed by atoms with Crippen molar-refractivity contribution in [1.29, 1.82) is 0 Å². The maximum absolute atomic E-state index is 12.1. The third kappa shape index (κ3) is 7.40. The van der Waals surface area contributed by atoms with Crippen LogP contribution in [0.4, 0.5) is 0 Å². The van der Waals surface area contributed by atoms with Crippen LogP contribution < -0.4 is 15.4 Å². The molecule has 1 heterocycles. The highest BCUT2D eigenvalue weighted by Gasteiger charge is 2.25. The minimum absolute atomic E-state index is 0.296. The van der Waals surface area contributed by atoms with Crippen molar-refractivity contribution in [2.45, 2.75) is 49.3 Å². The maximum Gasteiger partial charge on any atom is 0.250 e. The highest BCUT2D eigenvalue weighted by Crippen LogP contribution is 2.30. The highest BCUT2D eigenvalue weighted by atomic mass is 32.2. The summed E-state index contributed by atoms with van der Waals surface area (Å²) >= 11 is 1.21. The molecule has 0 aromatic carbocycles. The monoisotopic (exact) mass is 416 g/mol. The van der Waals surface area contributed by atoms with Gasteiger partial charge in [-0.3, -0.25) is 4.99 Å². The number of ether oxygens (including phenoxy) is 1. The number of nitrogens with one attached hydrogen (secondary N) is 3. The molecule has 0 saturated heterocycles. The smallest absolute Gasteiger partial charge is 0.250 e. The van der Waals surface area contributed by atoms with Crippen molar-refractivity contribution in [1.82, 2.24) is 15.4 Å². The first-order valence-corrected chi connectivity index (χ1v) is 12.0. The highest BCUT2D eigenvalue weighted by molar-refractivity contribution is 7.91. The lowest BCUT2D eigenvalue weighted by Crippen LogP contribution is -2.42. The summed E-state index contributed by atoms with van der Waals surface area (Å²) < 4.78 is 33.0. The molecule has 1 unspecified atom stereocenters. The molecule has 9 heteroatoms. The van der Waals surface area contributed by atoms with Gasteiger partial charge < -0.3 is 15.4 Å². The van der Waals surface area contributed by atoms with E-state index >= 15 is 0 Å². The van der Waals surface area contributed by atoms with Crippen molar-refractivity contribution in [3.8, 4) is 0 Å². The first-order chi connectivity index (χ1) is 13.1. The summed E-state index contributed by atoms with van der Waals surface area (Å²) in [4.78, 5) is 4.19. The van der Waals surface area contributed by atoms with Gasteiger partial charge in [-0.15, -0.1) is 11.3 Å². The van der Waals surface area contributed by atoms with E-state index in [0.717, 1.165) is 19.6 Å². The average molecular weight is 417 g/mol. The fourth-order valence-electron chi connectivity index (χ4n) is 3.41. The third-order valence-electron chi connectivity index (χ3n) is 4.72. The Morgan fingerprint density at radius 3 is 2.67 bits per heavy atom. The predicted molar refractivity (Wildman–Crippen MR) is 111 cm³/mol. The molecule has 0 radical (unpaired) electrons. The van der Waals surface area contributed by atoms with Crippen molar-refractivity contribution in [3.63, 3.8) is 0 Å². The Balaban J connectivity index is 1.66. The topological polar surface area (TPSA) is 91.8 Å². The Hall–Kier alpha value is -1.16. The molecule has 0 aliphatic heterocycles. The lowest BCUT2D eigenvalue weighted by Gasteiger charge is -2.24. The van der Waals surface area contributed by atoms with Crippen LogP contribution in [0.1, 0.15) is 39.0 Å². The van der Waals surface area contributed by atoms with E-state index in [0.29, 0.717) is 35.3 Å². The van der Waals surface area contributed by atoms with E-state index in [2.05, 4.69) is 20.3 Å². The first-order valence-electron chi connectivity index (χ1n) is 9.66. The number of guanidine groups is 1. The zero-order valence-corrected chi connectivity index (χ0v) is 17.9. The zero-order chi connectivity index (χ0) is 19.5. The van der Waals surface area contributed by atoms with E-state index in [1.807, 2.05) is 6.92 Å². The number of hydrogen-bond acceptors (Lipinski definition) is 5. The van der Waals surface area contributed by atoms with Gasteiger partial charge in [-0.2, -0.15) is 0 Å². The molecule has 1 aromatic heterocycles. The van der Waals surface area contributed by atoms with Crippen LogP contribution in [-0.4, -0.2) is 53.8 Å². The second kappa shape index (κ2) is 11.6.